The van der Waals surface area contributed by atoms with Gasteiger partial charge in [0.05, 0.1) is 11.4 Å². The van der Waals surface area contributed by atoms with E-state index in [1.165, 1.54) is 118 Å². The molecule has 0 fully saturated rings. The Morgan fingerprint density at radius 1 is 0.329 bits per heavy atom. The third-order valence-corrected chi connectivity index (χ3v) is 20.6. The first-order valence-corrected chi connectivity index (χ1v) is 30.5. The van der Waals surface area contributed by atoms with Gasteiger partial charge < -0.3 is 14.7 Å². The standard InChI is InChI=1S/C78H80BN3/c1-50-40-58-61(75(6,7)38-36-73(58,2)3)46-67(50)82-69-47-62-59(74(4,5)37-39-76(62,8)9)44-64(69)79-65-45-60-63(78(12,13)49-77(60,10)11)48-68(65)81(66-35-34-53(51-26-18-14-19-27-51)41-57(66)52-28-20-15-21-29-52)70-42-56(43-71(82)72(70)79)80(54-30-22-16-23-31-54)55-32-24-17-25-33-55/h14-35,40-48H,36-39,49H2,1-13H3. The van der Waals surface area contributed by atoms with Gasteiger partial charge in [-0.3, -0.25) is 0 Å². The van der Waals surface area contributed by atoms with Gasteiger partial charge >= 0.3 is 0 Å². The fourth-order valence-corrected chi connectivity index (χ4v) is 16.1. The van der Waals surface area contributed by atoms with Crippen LogP contribution >= 0.6 is 0 Å². The van der Waals surface area contributed by atoms with E-state index in [0.29, 0.717) is 0 Å². The Bertz CT molecular complexity index is 3990. The monoisotopic (exact) mass is 1070 g/mol. The molecule has 5 aliphatic rings. The highest BCUT2D eigenvalue weighted by molar-refractivity contribution is 7.00. The molecular weight excluding hydrogens is 990 g/mol. The van der Waals surface area contributed by atoms with Gasteiger partial charge in [0.15, 0.2) is 0 Å². The highest BCUT2D eigenvalue weighted by Gasteiger charge is 2.51. The minimum Gasteiger partial charge on any atom is -0.311 e. The van der Waals surface area contributed by atoms with E-state index in [-0.39, 0.29) is 39.2 Å². The van der Waals surface area contributed by atoms with Crippen molar-refractivity contribution in [2.24, 2.45) is 0 Å². The molecule has 0 spiro atoms. The predicted octanol–water partition coefficient (Wildman–Crippen LogP) is 19.5. The molecule has 3 aliphatic carbocycles. The van der Waals surface area contributed by atoms with Gasteiger partial charge in [-0.25, -0.2) is 0 Å². The smallest absolute Gasteiger partial charge is 0.252 e. The summed E-state index contributed by atoms with van der Waals surface area (Å²) in [6.07, 6.45) is 5.70. The zero-order valence-electron chi connectivity index (χ0n) is 50.9. The third kappa shape index (κ3) is 8.12. The molecule has 2 heterocycles. The molecule has 9 aromatic rings. The topological polar surface area (TPSA) is 9.72 Å². The largest absolute Gasteiger partial charge is 0.311 e. The van der Waals surface area contributed by atoms with Crippen LogP contribution in [0.3, 0.4) is 0 Å². The summed E-state index contributed by atoms with van der Waals surface area (Å²) in [6.45, 7) is 32.3. The maximum absolute atomic E-state index is 2.77. The quantitative estimate of drug-likeness (QED) is 0.147. The molecule has 0 saturated heterocycles. The summed E-state index contributed by atoms with van der Waals surface area (Å²) < 4.78 is 0. The number of rotatable bonds is 7. The highest BCUT2D eigenvalue weighted by atomic mass is 15.2. The second kappa shape index (κ2) is 18.2. The van der Waals surface area contributed by atoms with Crippen LogP contribution in [0.5, 0.6) is 0 Å². The Labute approximate surface area is 490 Å². The molecule has 0 N–H and O–H groups in total. The van der Waals surface area contributed by atoms with E-state index in [4.69, 9.17) is 0 Å². The van der Waals surface area contributed by atoms with Crippen LogP contribution in [-0.4, -0.2) is 6.71 Å². The molecule has 0 radical (unpaired) electrons. The van der Waals surface area contributed by atoms with Crippen molar-refractivity contribution >= 4 is 74.3 Å². The number of para-hydroxylation sites is 2. The van der Waals surface area contributed by atoms with Gasteiger partial charge in [0.25, 0.3) is 6.71 Å². The molecule has 0 saturated carbocycles. The number of hydrogen-bond donors (Lipinski definition) is 0. The van der Waals surface area contributed by atoms with Gasteiger partial charge in [0, 0.05) is 45.4 Å². The van der Waals surface area contributed by atoms with Gasteiger partial charge in [0.1, 0.15) is 0 Å². The Morgan fingerprint density at radius 3 is 1.21 bits per heavy atom. The van der Waals surface area contributed by atoms with Crippen LogP contribution in [0.1, 0.15) is 154 Å². The van der Waals surface area contributed by atoms with E-state index >= 15 is 0 Å². The van der Waals surface area contributed by atoms with Crippen molar-refractivity contribution in [1.82, 2.24) is 0 Å². The molecule has 0 amide bonds. The molecule has 410 valence electrons. The lowest BCUT2D eigenvalue weighted by Crippen LogP contribution is -2.62. The fraction of sp³-hybridized carbons (Fsp3) is 0.308. The van der Waals surface area contributed by atoms with E-state index in [9.17, 15) is 0 Å². The van der Waals surface area contributed by atoms with Gasteiger partial charge in [0.2, 0.25) is 0 Å². The lowest BCUT2D eigenvalue weighted by atomic mass is 9.33. The predicted molar refractivity (Wildman–Crippen MR) is 352 cm³/mol. The SMILES string of the molecule is Cc1cc2c(cc1N1c3cc4c(cc3B3c5cc6c(cc5N(c5ccc(-c7ccccc7)cc5-c5ccccc5)c5cc(N(c7ccccc7)c7ccccc7)cc1c53)C(C)(C)CC6(C)C)C(C)(C)CCC4(C)C)C(C)(C)CCC2(C)C. The minimum absolute atomic E-state index is 0.000539. The average Bonchev–Trinajstić information content (AvgIpc) is 1.14. The molecule has 0 bridgehead atoms. The molecule has 3 nitrogen and oxygen atoms in total. The Kier molecular flexibility index (Phi) is 11.7. The summed E-state index contributed by atoms with van der Waals surface area (Å²) in [7, 11) is 0. The van der Waals surface area contributed by atoms with Crippen molar-refractivity contribution < 1.29 is 0 Å². The molecule has 4 heteroatoms. The summed E-state index contributed by atoms with van der Waals surface area (Å²) in [5.41, 5.74) is 30.0. The van der Waals surface area contributed by atoms with E-state index in [1.807, 2.05) is 0 Å². The number of nitrogens with zero attached hydrogens (tertiary/aromatic N) is 3. The summed E-state index contributed by atoms with van der Waals surface area (Å²) in [6, 6.07) is 72.7. The van der Waals surface area contributed by atoms with Crippen LogP contribution in [0.4, 0.5) is 51.2 Å². The lowest BCUT2D eigenvalue weighted by molar-refractivity contribution is 0.331. The maximum atomic E-state index is 2.77. The molecule has 0 atom stereocenters. The molecular formula is C78H80BN3. The Balaban J connectivity index is 1.18. The van der Waals surface area contributed by atoms with E-state index in [1.54, 1.807) is 0 Å². The van der Waals surface area contributed by atoms with Crippen LogP contribution in [-0.2, 0) is 32.5 Å². The number of fused-ring (bicyclic) bond motifs is 7. The third-order valence-electron chi connectivity index (χ3n) is 20.6. The molecule has 2 aliphatic heterocycles. The first-order chi connectivity index (χ1) is 39.0. The van der Waals surface area contributed by atoms with Crippen molar-refractivity contribution in [1.29, 1.82) is 0 Å². The maximum Gasteiger partial charge on any atom is 0.252 e. The van der Waals surface area contributed by atoms with E-state index < -0.39 is 0 Å². The van der Waals surface area contributed by atoms with E-state index in [2.05, 4.69) is 293 Å². The van der Waals surface area contributed by atoms with Crippen molar-refractivity contribution in [2.75, 3.05) is 14.7 Å². The van der Waals surface area contributed by atoms with Crippen molar-refractivity contribution in [3.8, 4) is 22.3 Å². The second-order valence-corrected chi connectivity index (χ2v) is 29.0. The van der Waals surface area contributed by atoms with Crippen LogP contribution in [0.25, 0.3) is 22.3 Å². The molecule has 0 aromatic heterocycles. The average molecular weight is 1070 g/mol. The van der Waals surface area contributed by atoms with Crippen molar-refractivity contribution in [2.45, 2.75) is 155 Å². The fourth-order valence-electron chi connectivity index (χ4n) is 16.1. The summed E-state index contributed by atoms with van der Waals surface area (Å²) in [5, 5.41) is 0. The molecule has 9 aromatic carbocycles. The second-order valence-electron chi connectivity index (χ2n) is 29.0. The summed E-state index contributed by atoms with van der Waals surface area (Å²) in [4.78, 5) is 8.00. The number of aryl methyl sites for hydroxylation is 1. The number of benzene rings is 9. The van der Waals surface area contributed by atoms with Crippen LogP contribution in [0, 0.1) is 6.92 Å². The van der Waals surface area contributed by atoms with Crippen LogP contribution in [0.15, 0.2) is 188 Å². The molecule has 82 heavy (non-hydrogen) atoms. The molecule has 0 unspecified atom stereocenters. The zero-order chi connectivity index (χ0) is 57.0. The zero-order valence-corrected chi connectivity index (χ0v) is 50.9. The van der Waals surface area contributed by atoms with Gasteiger partial charge in [-0.05, 0) is 210 Å². The number of anilines is 9. The first kappa shape index (κ1) is 52.5. The van der Waals surface area contributed by atoms with Crippen molar-refractivity contribution in [3.05, 3.63) is 227 Å². The molecule has 14 rings (SSSR count). The van der Waals surface area contributed by atoms with Gasteiger partial charge in [-0.15, -0.1) is 0 Å². The summed E-state index contributed by atoms with van der Waals surface area (Å²) >= 11 is 0. The first-order valence-electron chi connectivity index (χ1n) is 30.5. The van der Waals surface area contributed by atoms with Gasteiger partial charge in [-0.1, -0.05) is 204 Å². The summed E-state index contributed by atoms with van der Waals surface area (Å²) in [5.74, 6) is 0. The Hall–Kier alpha value is -7.56. The lowest BCUT2D eigenvalue weighted by Gasteiger charge is -2.49. The Morgan fingerprint density at radius 2 is 0.720 bits per heavy atom. The van der Waals surface area contributed by atoms with Crippen molar-refractivity contribution in [3.63, 3.8) is 0 Å². The normalized spacial score (nSPS) is 18.6. The number of hydrogen-bond acceptors (Lipinski definition) is 3. The van der Waals surface area contributed by atoms with Crippen LogP contribution in [0.2, 0.25) is 0 Å². The minimum atomic E-state index is -0.0634. The van der Waals surface area contributed by atoms with Crippen LogP contribution < -0.4 is 31.1 Å². The van der Waals surface area contributed by atoms with Gasteiger partial charge in [-0.2, -0.15) is 0 Å². The highest BCUT2D eigenvalue weighted by Crippen LogP contribution is 2.57. The van der Waals surface area contributed by atoms with E-state index in [0.717, 1.165) is 42.7 Å².